The summed E-state index contributed by atoms with van der Waals surface area (Å²) in [5.41, 5.74) is -0.210. The summed E-state index contributed by atoms with van der Waals surface area (Å²) >= 11 is 0. The average Bonchev–Trinajstić information content (AvgIpc) is 2.51. The summed E-state index contributed by atoms with van der Waals surface area (Å²) in [4.78, 5) is 26.5. The van der Waals surface area contributed by atoms with Crippen LogP contribution in [0.4, 0.5) is 24.1 Å². The van der Waals surface area contributed by atoms with Crippen LogP contribution in [0.1, 0.15) is 6.92 Å². The van der Waals surface area contributed by atoms with Crippen molar-refractivity contribution < 1.29 is 23.1 Å². The molecule has 0 unspecified atom stereocenters. The lowest BCUT2D eigenvalue weighted by molar-refractivity contribution is 0.0868. The Hall–Kier alpha value is -2.38. The zero-order valence-corrected chi connectivity index (χ0v) is 12.1. The number of piperazine rings is 1. The van der Waals surface area contributed by atoms with Gasteiger partial charge < -0.3 is 19.9 Å². The number of carbonyl (C=O) groups is 2. The van der Waals surface area contributed by atoms with Crippen LogP contribution in [0.15, 0.2) is 18.2 Å². The number of rotatable bonds is 2. The lowest BCUT2D eigenvalue weighted by atomic mass is 10.3. The molecule has 1 N–H and O–H groups in total. The molecule has 0 saturated carbocycles. The molecule has 1 fully saturated rings. The Labute approximate surface area is 126 Å². The summed E-state index contributed by atoms with van der Waals surface area (Å²) in [5, 5.41) is 2.33. The Morgan fingerprint density at radius 1 is 1.18 bits per heavy atom. The summed E-state index contributed by atoms with van der Waals surface area (Å²) in [5.74, 6) is -1.34. The largest absolute Gasteiger partial charge is 0.450 e. The standard InChI is InChI=1S/C14H17F2N3O3/c1-2-22-14(21)19-7-5-18(6-8-19)13(20)17-12-9-10(15)3-4-11(12)16/h3-4,9H,2,5-8H2,1H3,(H,17,20). The van der Waals surface area contributed by atoms with Gasteiger partial charge in [-0.15, -0.1) is 0 Å². The zero-order valence-electron chi connectivity index (χ0n) is 12.1. The van der Waals surface area contributed by atoms with Crippen LogP contribution in [0.2, 0.25) is 0 Å². The number of anilines is 1. The highest BCUT2D eigenvalue weighted by atomic mass is 19.1. The maximum Gasteiger partial charge on any atom is 0.409 e. The van der Waals surface area contributed by atoms with Gasteiger partial charge in [0, 0.05) is 32.2 Å². The molecule has 120 valence electrons. The van der Waals surface area contributed by atoms with Crippen LogP contribution < -0.4 is 5.32 Å². The van der Waals surface area contributed by atoms with E-state index in [0.717, 1.165) is 18.2 Å². The molecular weight excluding hydrogens is 296 g/mol. The summed E-state index contributed by atoms with van der Waals surface area (Å²) < 4.78 is 31.4. The summed E-state index contributed by atoms with van der Waals surface area (Å²) in [6.45, 7) is 3.26. The minimum atomic E-state index is -0.708. The van der Waals surface area contributed by atoms with Crippen LogP contribution in [0.25, 0.3) is 0 Å². The van der Waals surface area contributed by atoms with Gasteiger partial charge in [-0.25, -0.2) is 18.4 Å². The Balaban J connectivity index is 1.90. The number of benzene rings is 1. The number of amides is 3. The van der Waals surface area contributed by atoms with Crippen molar-refractivity contribution in [3.63, 3.8) is 0 Å². The molecule has 1 saturated heterocycles. The lowest BCUT2D eigenvalue weighted by Crippen LogP contribution is -2.51. The van der Waals surface area contributed by atoms with E-state index < -0.39 is 23.8 Å². The molecule has 1 aromatic carbocycles. The molecule has 0 bridgehead atoms. The summed E-state index contributed by atoms with van der Waals surface area (Å²) in [7, 11) is 0. The maximum absolute atomic E-state index is 13.5. The molecular formula is C14H17F2N3O3. The first-order valence-electron chi connectivity index (χ1n) is 6.94. The van der Waals surface area contributed by atoms with E-state index in [1.807, 2.05) is 0 Å². The Kier molecular flexibility index (Phi) is 5.13. The molecule has 1 aromatic rings. The van der Waals surface area contributed by atoms with Gasteiger partial charge in [0.1, 0.15) is 11.6 Å². The van der Waals surface area contributed by atoms with Gasteiger partial charge in [0.15, 0.2) is 0 Å². The van der Waals surface area contributed by atoms with Crippen LogP contribution >= 0.6 is 0 Å². The lowest BCUT2D eigenvalue weighted by Gasteiger charge is -2.34. The van der Waals surface area contributed by atoms with Crippen molar-refractivity contribution in [1.82, 2.24) is 9.80 Å². The van der Waals surface area contributed by atoms with Crippen LogP contribution in [-0.4, -0.2) is 54.7 Å². The SMILES string of the molecule is CCOC(=O)N1CCN(C(=O)Nc2cc(F)ccc2F)CC1. The molecule has 0 aromatic heterocycles. The Morgan fingerprint density at radius 3 is 2.45 bits per heavy atom. The van der Waals surface area contributed by atoms with Gasteiger partial charge >= 0.3 is 12.1 Å². The highest BCUT2D eigenvalue weighted by molar-refractivity contribution is 5.89. The van der Waals surface area contributed by atoms with Gasteiger partial charge in [0.05, 0.1) is 12.3 Å². The molecule has 2 rings (SSSR count). The highest BCUT2D eigenvalue weighted by Crippen LogP contribution is 2.16. The van der Waals surface area contributed by atoms with Crippen molar-refractivity contribution in [3.8, 4) is 0 Å². The van der Waals surface area contributed by atoms with Crippen molar-refractivity contribution in [1.29, 1.82) is 0 Å². The van der Waals surface area contributed by atoms with Crippen LogP contribution in [-0.2, 0) is 4.74 Å². The molecule has 22 heavy (non-hydrogen) atoms. The van der Waals surface area contributed by atoms with Crippen molar-refractivity contribution in [2.75, 3.05) is 38.1 Å². The van der Waals surface area contributed by atoms with Gasteiger partial charge in [0.2, 0.25) is 0 Å². The minimum absolute atomic E-state index is 0.210. The van der Waals surface area contributed by atoms with E-state index in [2.05, 4.69) is 5.32 Å². The molecule has 1 heterocycles. The second-order valence-electron chi connectivity index (χ2n) is 4.73. The molecule has 3 amide bonds. The maximum atomic E-state index is 13.5. The fourth-order valence-electron chi connectivity index (χ4n) is 2.09. The van der Waals surface area contributed by atoms with Crippen molar-refractivity contribution >= 4 is 17.8 Å². The minimum Gasteiger partial charge on any atom is -0.450 e. The van der Waals surface area contributed by atoms with Crippen molar-refractivity contribution in [2.24, 2.45) is 0 Å². The van der Waals surface area contributed by atoms with Gasteiger partial charge in [-0.05, 0) is 19.1 Å². The monoisotopic (exact) mass is 313 g/mol. The van der Waals surface area contributed by atoms with E-state index in [1.54, 1.807) is 6.92 Å². The fraction of sp³-hybridized carbons (Fsp3) is 0.429. The van der Waals surface area contributed by atoms with E-state index in [-0.39, 0.29) is 5.69 Å². The van der Waals surface area contributed by atoms with E-state index in [4.69, 9.17) is 4.74 Å². The first-order chi connectivity index (χ1) is 10.5. The van der Waals surface area contributed by atoms with Gasteiger partial charge in [-0.2, -0.15) is 0 Å². The fourth-order valence-corrected chi connectivity index (χ4v) is 2.09. The van der Waals surface area contributed by atoms with E-state index in [0.29, 0.717) is 32.8 Å². The van der Waals surface area contributed by atoms with Crippen LogP contribution in [0.5, 0.6) is 0 Å². The first kappa shape index (κ1) is 16.0. The summed E-state index contributed by atoms with van der Waals surface area (Å²) in [6, 6.07) is 2.31. The number of hydrogen-bond acceptors (Lipinski definition) is 3. The second-order valence-corrected chi connectivity index (χ2v) is 4.73. The third-order valence-corrected chi connectivity index (χ3v) is 3.26. The number of nitrogens with one attached hydrogen (secondary N) is 1. The molecule has 0 radical (unpaired) electrons. The third-order valence-electron chi connectivity index (χ3n) is 3.26. The van der Waals surface area contributed by atoms with E-state index in [9.17, 15) is 18.4 Å². The number of urea groups is 1. The topological polar surface area (TPSA) is 61.9 Å². The molecule has 1 aliphatic rings. The van der Waals surface area contributed by atoms with Crippen LogP contribution in [0.3, 0.4) is 0 Å². The smallest absolute Gasteiger partial charge is 0.409 e. The van der Waals surface area contributed by atoms with Crippen molar-refractivity contribution in [2.45, 2.75) is 6.92 Å². The molecule has 6 nitrogen and oxygen atoms in total. The molecule has 0 aliphatic carbocycles. The van der Waals surface area contributed by atoms with E-state index in [1.165, 1.54) is 9.80 Å². The number of hydrogen-bond donors (Lipinski definition) is 1. The summed E-state index contributed by atoms with van der Waals surface area (Å²) in [6.07, 6.45) is -0.418. The normalized spacial score (nSPS) is 14.7. The van der Waals surface area contributed by atoms with Gasteiger partial charge in [-0.3, -0.25) is 0 Å². The Morgan fingerprint density at radius 2 is 1.82 bits per heavy atom. The predicted octanol–water partition coefficient (Wildman–Crippen LogP) is 2.27. The number of halogens is 2. The number of nitrogens with zero attached hydrogens (tertiary/aromatic N) is 2. The second kappa shape index (κ2) is 7.06. The molecule has 0 atom stereocenters. The first-order valence-corrected chi connectivity index (χ1v) is 6.94. The molecule has 1 aliphatic heterocycles. The number of ether oxygens (including phenoxy) is 1. The van der Waals surface area contributed by atoms with Gasteiger partial charge in [-0.1, -0.05) is 0 Å². The molecule has 0 spiro atoms. The zero-order chi connectivity index (χ0) is 16.1. The van der Waals surface area contributed by atoms with Gasteiger partial charge in [0.25, 0.3) is 0 Å². The van der Waals surface area contributed by atoms with E-state index >= 15 is 0 Å². The highest BCUT2D eigenvalue weighted by Gasteiger charge is 2.25. The van der Waals surface area contributed by atoms with Crippen LogP contribution in [0, 0.1) is 11.6 Å². The third kappa shape index (κ3) is 3.84. The van der Waals surface area contributed by atoms with Crippen molar-refractivity contribution in [3.05, 3.63) is 29.8 Å². The average molecular weight is 313 g/mol. The Bertz CT molecular complexity index is 560. The molecule has 8 heteroatoms. The predicted molar refractivity (Wildman–Crippen MR) is 75.5 cm³/mol. The quantitative estimate of drug-likeness (QED) is 0.911. The number of carbonyl (C=O) groups excluding carboxylic acids is 2.